The minimum atomic E-state index is -0.176. The molecule has 0 N–H and O–H groups in total. The molecule has 0 bridgehead atoms. The van der Waals surface area contributed by atoms with E-state index in [9.17, 15) is 9.59 Å². The van der Waals surface area contributed by atoms with Crippen LogP contribution >= 0.6 is 0 Å². The molecular weight excluding hydrogens is 378 g/mol. The fourth-order valence-corrected chi connectivity index (χ4v) is 4.13. The van der Waals surface area contributed by atoms with Crippen LogP contribution in [-0.4, -0.2) is 51.3 Å². The molecule has 0 fully saturated rings. The first-order valence-corrected chi connectivity index (χ1v) is 10.1. The molecule has 150 valence electrons. The third-order valence-electron chi connectivity index (χ3n) is 5.68. The molecule has 0 radical (unpaired) electrons. The Morgan fingerprint density at radius 1 is 1.03 bits per heavy atom. The van der Waals surface area contributed by atoms with Crippen molar-refractivity contribution >= 4 is 17.5 Å². The van der Waals surface area contributed by atoms with Crippen molar-refractivity contribution in [3.63, 3.8) is 0 Å². The Labute approximate surface area is 174 Å². The molecule has 2 aliphatic heterocycles. The number of fused-ring (bicyclic) bond motifs is 2. The molecule has 2 aliphatic rings. The number of aromatic nitrogens is 3. The van der Waals surface area contributed by atoms with Crippen molar-refractivity contribution in [2.75, 3.05) is 24.5 Å². The van der Waals surface area contributed by atoms with E-state index >= 15 is 0 Å². The van der Waals surface area contributed by atoms with Crippen molar-refractivity contribution < 1.29 is 9.59 Å². The van der Waals surface area contributed by atoms with E-state index in [2.05, 4.69) is 15.0 Å². The molecule has 30 heavy (non-hydrogen) atoms. The van der Waals surface area contributed by atoms with Crippen LogP contribution in [0.15, 0.2) is 55.0 Å². The molecule has 0 atom stereocenters. The number of anilines is 1. The minimum absolute atomic E-state index is 0.0499. The number of rotatable bonds is 3. The summed E-state index contributed by atoms with van der Waals surface area (Å²) in [5.74, 6) is 0.359. The maximum Gasteiger partial charge on any atom is 0.257 e. The van der Waals surface area contributed by atoms with E-state index in [4.69, 9.17) is 0 Å². The van der Waals surface area contributed by atoms with Crippen LogP contribution in [0, 0.1) is 0 Å². The summed E-state index contributed by atoms with van der Waals surface area (Å²) >= 11 is 0. The van der Waals surface area contributed by atoms with Crippen LogP contribution in [0.1, 0.15) is 28.0 Å². The highest BCUT2D eigenvalue weighted by atomic mass is 16.2. The van der Waals surface area contributed by atoms with E-state index in [1.807, 2.05) is 36.4 Å². The lowest BCUT2D eigenvalue weighted by Gasteiger charge is -2.24. The average molecular weight is 399 g/mol. The lowest BCUT2D eigenvalue weighted by molar-refractivity contribution is -0.119. The second-order valence-corrected chi connectivity index (χ2v) is 7.54. The van der Waals surface area contributed by atoms with Crippen molar-refractivity contribution in [2.45, 2.75) is 19.3 Å². The zero-order chi connectivity index (χ0) is 20.5. The summed E-state index contributed by atoms with van der Waals surface area (Å²) in [6, 6.07) is 11.6. The van der Waals surface area contributed by atoms with E-state index in [1.165, 1.54) is 5.56 Å². The Kier molecular flexibility index (Phi) is 4.71. The molecular formula is C23H21N5O2. The van der Waals surface area contributed by atoms with Gasteiger partial charge in [-0.05, 0) is 43.0 Å². The number of hydrogen-bond acceptors (Lipinski definition) is 5. The Morgan fingerprint density at radius 3 is 2.73 bits per heavy atom. The van der Waals surface area contributed by atoms with Crippen molar-refractivity contribution in [3.05, 3.63) is 71.8 Å². The smallest absolute Gasteiger partial charge is 0.257 e. The number of carbonyl (C=O) groups is 2. The molecule has 4 heterocycles. The third kappa shape index (κ3) is 3.32. The van der Waals surface area contributed by atoms with Gasteiger partial charge in [-0.2, -0.15) is 0 Å². The van der Waals surface area contributed by atoms with Gasteiger partial charge < -0.3 is 9.80 Å². The molecule has 0 saturated carbocycles. The Hall–Kier alpha value is -3.61. The summed E-state index contributed by atoms with van der Waals surface area (Å²) in [6.07, 6.45) is 7.27. The van der Waals surface area contributed by atoms with Gasteiger partial charge in [0, 0.05) is 42.9 Å². The standard InChI is InChI=1S/C23H21N5O2/c29-21(28-13-9-16-4-1-2-6-20(16)28)15-27-12-3-5-19-18(23(27)30)14-25-22(26-19)17-7-10-24-11-8-17/h1-2,4,6-8,10-11,14H,3,5,9,12-13,15H2. The van der Waals surface area contributed by atoms with Gasteiger partial charge in [0.1, 0.15) is 6.54 Å². The van der Waals surface area contributed by atoms with E-state index in [1.54, 1.807) is 28.4 Å². The number of amides is 2. The van der Waals surface area contributed by atoms with Crippen LogP contribution < -0.4 is 4.90 Å². The summed E-state index contributed by atoms with van der Waals surface area (Å²) in [6.45, 7) is 1.26. The minimum Gasteiger partial charge on any atom is -0.329 e. The number of para-hydroxylation sites is 1. The number of pyridine rings is 1. The molecule has 2 aromatic heterocycles. The van der Waals surface area contributed by atoms with Gasteiger partial charge in [-0.25, -0.2) is 9.97 Å². The van der Waals surface area contributed by atoms with Crippen LogP contribution in [0.2, 0.25) is 0 Å². The lowest BCUT2D eigenvalue weighted by Crippen LogP contribution is -2.42. The molecule has 7 nitrogen and oxygen atoms in total. The molecule has 3 aromatic rings. The second-order valence-electron chi connectivity index (χ2n) is 7.54. The predicted octanol–water partition coefficient (Wildman–Crippen LogP) is 2.52. The van der Waals surface area contributed by atoms with E-state index in [0.29, 0.717) is 30.9 Å². The predicted molar refractivity (Wildman–Crippen MR) is 112 cm³/mol. The Balaban J connectivity index is 1.36. The van der Waals surface area contributed by atoms with E-state index < -0.39 is 0 Å². The number of hydrogen-bond donors (Lipinski definition) is 0. The van der Waals surface area contributed by atoms with Gasteiger partial charge >= 0.3 is 0 Å². The maximum absolute atomic E-state index is 13.1. The quantitative estimate of drug-likeness (QED) is 0.676. The first-order chi connectivity index (χ1) is 14.7. The summed E-state index contributed by atoms with van der Waals surface area (Å²) in [7, 11) is 0. The average Bonchev–Trinajstić information content (AvgIpc) is 3.16. The summed E-state index contributed by atoms with van der Waals surface area (Å²) in [5.41, 5.74) is 4.22. The highest BCUT2D eigenvalue weighted by molar-refractivity contribution is 6.01. The van der Waals surface area contributed by atoms with Crippen LogP contribution in [0.25, 0.3) is 11.4 Å². The zero-order valence-electron chi connectivity index (χ0n) is 16.5. The monoisotopic (exact) mass is 399 g/mol. The Bertz CT molecular complexity index is 1120. The van der Waals surface area contributed by atoms with Crippen LogP contribution in [0.5, 0.6) is 0 Å². The normalized spacial score (nSPS) is 15.5. The van der Waals surface area contributed by atoms with Gasteiger partial charge in [0.25, 0.3) is 5.91 Å². The van der Waals surface area contributed by atoms with Gasteiger partial charge in [-0.3, -0.25) is 14.6 Å². The second kappa shape index (κ2) is 7.67. The first kappa shape index (κ1) is 18.4. The van der Waals surface area contributed by atoms with Gasteiger partial charge in [-0.1, -0.05) is 18.2 Å². The van der Waals surface area contributed by atoms with E-state index in [0.717, 1.165) is 29.8 Å². The summed E-state index contributed by atoms with van der Waals surface area (Å²) < 4.78 is 0. The zero-order valence-corrected chi connectivity index (χ0v) is 16.5. The maximum atomic E-state index is 13.1. The number of nitrogens with zero attached hydrogens (tertiary/aromatic N) is 5. The lowest BCUT2D eigenvalue weighted by atomic mass is 10.1. The van der Waals surface area contributed by atoms with Crippen LogP contribution in [0.4, 0.5) is 5.69 Å². The number of carbonyl (C=O) groups excluding carboxylic acids is 2. The molecule has 1 aromatic carbocycles. The molecule has 7 heteroatoms. The van der Waals surface area contributed by atoms with E-state index in [-0.39, 0.29) is 18.4 Å². The fraction of sp³-hybridized carbons (Fsp3) is 0.261. The van der Waals surface area contributed by atoms with Crippen LogP contribution in [0.3, 0.4) is 0 Å². The molecule has 0 saturated heterocycles. The van der Waals surface area contributed by atoms with Crippen molar-refractivity contribution in [1.29, 1.82) is 0 Å². The molecule has 5 rings (SSSR count). The number of benzene rings is 1. The summed E-state index contributed by atoms with van der Waals surface area (Å²) in [4.78, 5) is 42.6. The Morgan fingerprint density at radius 2 is 1.87 bits per heavy atom. The number of aryl methyl sites for hydroxylation is 1. The van der Waals surface area contributed by atoms with Crippen molar-refractivity contribution in [1.82, 2.24) is 19.9 Å². The van der Waals surface area contributed by atoms with Crippen molar-refractivity contribution in [3.8, 4) is 11.4 Å². The van der Waals surface area contributed by atoms with Crippen LogP contribution in [-0.2, 0) is 17.6 Å². The summed E-state index contributed by atoms with van der Waals surface area (Å²) in [5, 5.41) is 0. The van der Waals surface area contributed by atoms with Gasteiger partial charge in [-0.15, -0.1) is 0 Å². The SMILES string of the molecule is O=C1c2cnc(-c3ccncc3)nc2CCCN1CC(=O)N1CCc2ccccc21. The molecule has 0 aliphatic carbocycles. The van der Waals surface area contributed by atoms with Gasteiger partial charge in [0.15, 0.2) is 5.82 Å². The highest BCUT2D eigenvalue weighted by Crippen LogP contribution is 2.28. The van der Waals surface area contributed by atoms with Gasteiger partial charge in [0.05, 0.1) is 11.3 Å². The largest absolute Gasteiger partial charge is 0.329 e. The topological polar surface area (TPSA) is 79.3 Å². The van der Waals surface area contributed by atoms with Crippen molar-refractivity contribution in [2.24, 2.45) is 0 Å². The fourth-order valence-electron chi connectivity index (χ4n) is 4.13. The molecule has 0 spiro atoms. The first-order valence-electron chi connectivity index (χ1n) is 10.1. The third-order valence-corrected chi connectivity index (χ3v) is 5.68. The molecule has 2 amide bonds. The van der Waals surface area contributed by atoms with Gasteiger partial charge in [0.2, 0.25) is 5.91 Å². The molecule has 0 unspecified atom stereocenters. The highest BCUT2D eigenvalue weighted by Gasteiger charge is 2.30.